The average molecular weight is 398 g/mol. The largest absolute Gasteiger partial charge is 0.496 e. The molecule has 2 aromatic rings. The van der Waals surface area contributed by atoms with Crippen LogP contribution in [0.1, 0.15) is 27.0 Å². The molecule has 0 aliphatic heterocycles. The van der Waals surface area contributed by atoms with E-state index in [2.05, 4.69) is 0 Å². The van der Waals surface area contributed by atoms with E-state index in [-0.39, 0.29) is 5.56 Å². The standard InChI is InChI=1S/C17H13F3N2O4S/c1-10-3-4-11(7-15(10)26-2)16(23)22-27(24,25)13-6-5-12(9-21)14(8-13)17(18,19)20/h3-8H,1-2H3,(H,22,23). The highest BCUT2D eigenvalue weighted by atomic mass is 32.2. The van der Waals surface area contributed by atoms with Gasteiger partial charge in [0.15, 0.2) is 0 Å². The number of amides is 1. The number of sulfonamides is 1. The smallest absolute Gasteiger partial charge is 0.417 e. The van der Waals surface area contributed by atoms with Crippen molar-refractivity contribution >= 4 is 15.9 Å². The number of benzene rings is 2. The van der Waals surface area contributed by atoms with Gasteiger partial charge >= 0.3 is 6.18 Å². The summed E-state index contributed by atoms with van der Waals surface area (Å²) in [6.45, 7) is 1.71. The van der Waals surface area contributed by atoms with E-state index in [0.717, 1.165) is 12.1 Å². The average Bonchev–Trinajstić information content (AvgIpc) is 2.60. The topological polar surface area (TPSA) is 96.3 Å². The van der Waals surface area contributed by atoms with Crippen LogP contribution in [0.2, 0.25) is 0 Å². The summed E-state index contributed by atoms with van der Waals surface area (Å²) >= 11 is 0. The number of aryl methyl sites for hydroxylation is 1. The van der Waals surface area contributed by atoms with Gasteiger partial charge in [-0.15, -0.1) is 0 Å². The number of nitrogens with one attached hydrogen (secondary N) is 1. The van der Waals surface area contributed by atoms with Crippen molar-refractivity contribution in [3.05, 3.63) is 58.7 Å². The third kappa shape index (κ3) is 4.38. The lowest BCUT2D eigenvalue weighted by atomic mass is 10.1. The number of carbonyl (C=O) groups excluding carboxylic acids is 1. The predicted octanol–water partition coefficient (Wildman–Crippen LogP) is 3.01. The Balaban J connectivity index is 2.40. The van der Waals surface area contributed by atoms with Crippen molar-refractivity contribution in [3.63, 3.8) is 0 Å². The summed E-state index contributed by atoms with van der Waals surface area (Å²) in [7, 11) is -3.22. The fourth-order valence-electron chi connectivity index (χ4n) is 2.22. The van der Waals surface area contributed by atoms with Gasteiger partial charge in [0.2, 0.25) is 0 Å². The summed E-state index contributed by atoms with van der Waals surface area (Å²) in [6.07, 6.45) is -4.93. The zero-order valence-corrected chi connectivity index (χ0v) is 14.9. The molecule has 0 aromatic heterocycles. The Morgan fingerprint density at radius 2 is 1.85 bits per heavy atom. The van der Waals surface area contributed by atoms with Crippen molar-refractivity contribution in [1.82, 2.24) is 4.72 Å². The fourth-order valence-corrected chi connectivity index (χ4v) is 3.22. The van der Waals surface area contributed by atoms with Crippen molar-refractivity contribution in [3.8, 4) is 11.8 Å². The molecule has 0 saturated carbocycles. The van der Waals surface area contributed by atoms with E-state index >= 15 is 0 Å². The van der Waals surface area contributed by atoms with Crippen LogP contribution in [0.4, 0.5) is 13.2 Å². The van der Waals surface area contributed by atoms with Crippen molar-refractivity contribution in [2.75, 3.05) is 7.11 Å². The van der Waals surface area contributed by atoms with Crippen LogP contribution in [0.25, 0.3) is 0 Å². The van der Waals surface area contributed by atoms with Crippen LogP contribution in [-0.4, -0.2) is 21.4 Å². The predicted molar refractivity (Wildman–Crippen MR) is 88.5 cm³/mol. The third-order valence-electron chi connectivity index (χ3n) is 3.62. The molecular formula is C17H13F3N2O4S. The summed E-state index contributed by atoms with van der Waals surface area (Å²) in [5.41, 5.74) is -1.47. The molecular weight excluding hydrogens is 385 g/mol. The fraction of sp³-hybridized carbons (Fsp3) is 0.176. The summed E-state index contributed by atoms with van der Waals surface area (Å²) in [5, 5.41) is 8.76. The molecule has 27 heavy (non-hydrogen) atoms. The zero-order valence-electron chi connectivity index (χ0n) is 14.1. The van der Waals surface area contributed by atoms with E-state index in [1.54, 1.807) is 11.6 Å². The number of halogens is 3. The molecule has 2 rings (SSSR count). The van der Waals surface area contributed by atoms with Crippen LogP contribution in [0, 0.1) is 18.3 Å². The van der Waals surface area contributed by atoms with E-state index in [0.29, 0.717) is 17.4 Å². The Morgan fingerprint density at radius 1 is 1.19 bits per heavy atom. The highest BCUT2D eigenvalue weighted by Gasteiger charge is 2.35. The molecule has 0 saturated heterocycles. The second kappa shape index (κ2) is 7.28. The summed E-state index contributed by atoms with van der Waals surface area (Å²) in [6, 6.07) is 7.40. The van der Waals surface area contributed by atoms with Crippen LogP contribution in [-0.2, 0) is 16.2 Å². The Bertz CT molecular complexity index is 1040. The first kappa shape index (κ1) is 20.3. The normalized spacial score (nSPS) is 11.6. The lowest BCUT2D eigenvalue weighted by Gasteiger charge is -2.12. The quantitative estimate of drug-likeness (QED) is 0.854. The number of carbonyl (C=O) groups is 1. The molecule has 0 aliphatic carbocycles. The molecule has 10 heteroatoms. The molecule has 1 N–H and O–H groups in total. The zero-order chi connectivity index (χ0) is 20.4. The van der Waals surface area contributed by atoms with Gasteiger partial charge in [-0.2, -0.15) is 18.4 Å². The molecule has 0 radical (unpaired) electrons. The number of rotatable bonds is 4. The van der Waals surface area contributed by atoms with Gasteiger partial charge in [-0.25, -0.2) is 13.1 Å². The molecule has 0 aliphatic rings. The molecule has 6 nitrogen and oxygen atoms in total. The van der Waals surface area contributed by atoms with Gasteiger partial charge in [-0.3, -0.25) is 4.79 Å². The Kier molecular flexibility index (Phi) is 5.46. The van der Waals surface area contributed by atoms with Crippen molar-refractivity contribution in [2.24, 2.45) is 0 Å². The molecule has 2 aromatic carbocycles. The van der Waals surface area contributed by atoms with Crippen LogP contribution in [0.15, 0.2) is 41.3 Å². The first-order valence-corrected chi connectivity index (χ1v) is 8.81. The number of methoxy groups -OCH3 is 1. The van der Waals surface area contributed by atoms with Crippen LogP contribution >= 0.6 is 0 Å². The van der Waals surface area contributed by atoms with E-state index in [9.17, 15) is 26.4 Å². The molecule has 0 atom stereocenters. The summed E-state index contributed by atoms with van der Waals surface area (Å²) in [4.78, 5) is 11.4. The minimum absolute atomic E-state index is 0.0503. The molecule has 0 unspecified atom stereocenters. The molecule has 0 spiro atoms. The number of ether oxygens (including phenoxy) is 1. The monoisotopic (exact) mass is 398 g/mol. The van der Waals surface area contributed by atoms with E-state index < -0.39 is 38.1 Å². The molecule has 1 amide bonds. The number of nitrogens with zero attached hydrogens (tertiary/aromatic N) is 1. The van der Waals surface area contributed by atoms with Gasteiger partial charge in [-0.1, -0.05) is 6.07 Å². The SMILES string of the molecule is COc1cc(C(=O)NS(=O)(=O)c2ccc(C#N)c(C(F)(F)F)c2)ccc1C. The van der Waals surface area contributed by atoms with E-state index in [1.165, 1.54) is 31.4 Å². The van der Waals surface area contributed by atoms with Crippen molar-refractivity contribution < 1.29 is 31.1 Å². The lowest BCUT2D eigenvalue weighted by Crippen LogP contribution is -2.31. The van der Waals surface area contributed by atoms with Gasteiger partial charge in [0, 0.05) is 5.56 Å². The molecule has 142 valence electrons. The number of hydrogen-bond acceptors (Lipinski definition) is 5. The first-order chi connectivity index (χ1) is 12.5. The Morgan fingerprint density at radius 3 is 2.41 bits per heavy atom. The maximum absolute atomic E-state index is 13.0. The van der Waals surface area contributed by atoms with Gasteiger partial charge in [0.1, 0.15) is 5.75 Å². The number of alkyl halides is 3. The van der Waals surface area contributed by atoms with E-state index in [1.807, 2.05) is 0 Å². The summed E-state index contributed by atoms with van der Waals surface area (Å²) in [5.74, 6) is -0.691. The van der Waals surface area contributed by atoms with Gasteiger partial charge < -0.3 is 4.74 Å². The van der Waals surface area contributed by atoms with Crippen LogP contribution in [0.5, 0.6) is 5.75 Å². The second-order valence-electron chi connectivity index (χ2n) is 5.44. The number of nitriles is 1. The van der Waals surface area contributed by atoms with Gasteiger partial charge in [-0.05, 0) is 42.8 Å². The first-order valence-electron chi connectivity index (χ1n) is 7.32. The van der Waals surface area contributed by atoms with Crippen molar-refractivity contribution in [1.29, 1.82) is 5.26 Å². The van der Waals surface area contributed by atoms with Crippen LogP contribution < -0.4 is 9.46 Å². The molecule has 0 fully saturated rings. The van der Waals surface area contributed by atoms with Crippen molar-refractivity contribution in [2.45, 2.75) is 18.0 Å². The minimum Gasteiger partial charge on any atom is -0.496 e. The van der Waals surface area contributed by atoms with Crippen LogP contribution in [0.3, 0.4) is 0 Å². The Hall–Kier alpha value is -3.06. The molecule has 0 heterocycles. The summed E-state index contributed by atoms with van der Waals surface area (Å²) < 4.78 is 70.4. The maximum atomic E-state index is 13.0. The van der Waals surface area contributed by atoms with Gasteiger partial charge in [0.25, 0.3) is 15.9 Å². The third-order valence-corrected chi connectivity index (χ3v) is 4.95. The Labute approximate surface area is 153 Å². The minimum atomic E-state index is -4.93. The number of hydrogen-bond donors (Lipinski definition) is 1. The van der Waals surface area contributed by atoms with E-state index in [4.69, 9.17) is 10.00 Å². The second-order valence-corrected chi connectivity index (χ2v) is 7.12. The molecule has 0 bridgehead atoms. The maximum Gasteiger partial charge on any atom is 0.417 e. The lowest BCUT2D eigenvalue weighted by molar-refractivity contribution is -0.137. The van der Waals surface area contributed by atoms with Gasteiger partial charge in [0.05, 0.1) is 29.2 Å². The highest BCUT2D eigenvalue weighted by Crippen LogP contribution is 2.33. The highest BCUT2D eigenvalue weighted by molar-refractivity contribution is 7.90.